The smallest absolute Gasteiger partial charge is 0.160 e. The number of nitrogens with zero attached hydrogens (tertiary/aromatic N) is 2. The Balaban J connectivity index is 0.925. The minimum absolute atomic E-state index is 0.123. The maximum Gasteiger partial charge on any atom is 0.160 e. The highest BCUT2D eigenvalue weighted by atomic mass is 16.3. The van der Waals surface area contributed by atoms with Crippen molar-refractivity contribution >= 4 is 54.3 Å². The van der Waals surface area contributed by atoms with Crippen LogP contribution in [0.5, 0.6) is 0 Å². The Labute approximate surface area is 371 Å². The zero-order chi connectivity index (χ0) is 42.5. The molecule has 0 saturated heterocycles. The molecular weight excluding hydrogens is 777 g/mol. The van der Waals surface area contributed by atoms with Gasteiger partial charge in [-0.2, -0.15) is 0 Å². The molecule has 2 heterocycles. The van der Waals surface area contributed by atoms with Crippen LogP contribution >= 0.6 is 0 Å². The molecule has 0 amide bonds. The maximum atomic E-state index is 6.42. The largest absolute Gasteiger partial charge is 0.455 e. The average Bonchev–Trinajstić information content (AvgIpc) is 3.84. The van der Waals surface area contributed by atoms with Gasteiger partial charge in [-0.25, -0.2) is 9.97 Å². The molecule has 0 unspecified atom stereocenters. The zero-order valence-corrected chi connectivity index (χ0v) is 35.4. The van der Waals surface area contributed by atoms with E-state index >= 15 is 0 Å². The molecule has 0 fully saturated rings. The predicted octanol–water partition coefficient (Wildman–Crippen LogP) is 16.5. The summed E-state index contributed by atoms with van der Waals surface area (Å²) in [4.78, 5) is 10.5. The summed E-state index contributed by atoms with van der Waals surface area (Å²) in [5.41, 5.74) is 16.7. The summed E-state index contributed by atoms with van der Waals surface area (Å²) >= 11 is 0. The third-order valence-corrected chi connectivity index (χ3v) is 13.7. The Morgan fingerprint density at radius 2 is 1.02 bits per heavy atom. The van der Waals surface area contributed by atoms with Crippen molar-refractivity contribution in [3.05, 3.63) is 217 Å². The van der Waals surface area contributed by atoms with E-state index in [0.29, 0.717) is 5.82 Å². The van der Waals surface area contributed by atoms with E-state index in [-0.39, 0.29) is 5.41 Å². The summed E-state index contributed by atoms with van der Waals surface area (Å²) in [5, 5.41) is 9.46. The fourth-order valence-electron chi connectivity index (χ4n) is 10.4. The van der Waals surface area contributed by atoms with Crippen LogP contribution in [0.15, 0.2) is 211 Å². The number of benzene rings is 10. The Bertz CT molecular complexity index is 3860. The highest BCUT2D eigenvalue weighted by Crippen LogP contribution is 2.54. The predicted molar refractivity (Wildman–Crippen MR) is 267 cm³/mol. The lowest BCUT2D eigenvalue weighted by atomic mass is 9.81. The van der Waals surface area contributed by atoms with Gasteiger partial charge in [-0.1, -0.05) is 184 Å². The van der Waals surface area contributed by atoms with Gasteiger partial charge >= 0.3 is 0 Å². The van der Waals surface area contributed by atoms with E-state index in [0.717, 1.165) is 71.9 Å². The van der Waals surface area contributed by atoms with E-state index in [1.165, 1.54) is 54.9 Å². The number of rotatable bonds is 5. The summed E-state index contributed by atoms with van der Waals surface area (Å²) in [6.45, 7) is 4.73. The van der Waals surface area contributed by atoms with Gasteiger partial charge in [-0.15, -0.1) is 0 Å². The monoisotopic (exact) mass is 816 g/mol. The van der Waals surface area contributed by atoms with Gasteiger partial charge in [0.2, 0.25) is 0 Å². The van der Waals surface area contributed by atoms with Crippen molar-refractivity contribution in [2.45, 2.75) is 19.3 Å². The molecule has 0 saturated carbocycles. The molecule has 0 aliphatic heterocycles. The van der Waals surface area contributed by atoms with Crippen molar-refractivity contribution < 1.29 is 4.42 Å². The second-order valence-electron chi connectivity index (χ2n) is 17.7. The first-order valence-electron chi connectivity index (χ1n) is 22.1. The van der Waals surface area contributed by atoms with Gasteiger partial charge < -0.3 is 4.42 Å². The zero-order valence-electron chi connectivity index (χ0n) is 35.4. The van der Waals surface area contributed by atoms with Crippen molar-refractivity contribution in [1.82, 2.24) is 9.97 Å². The Kier molecular flexibility index (Phi) is 7.95. The minimum Gasteiger partial charge on any atom is -0.455 e. The molecule has 64 heavy (non-hydrogen) atoms. The molecule has 0 spiro atoms. The van der Waals surface area contributed by atoms with E-state index in [1.54, 1.807) is 0 Å². The molecule has 13 rings (SSSR count). The second-order valence-corrected chi connectivity index (χ2v) is 17.7. The van der Waals surface area contributed by atoms with Crippen molar-refractivity contribution in [3.63, 3.8) is 0 Å². The average molecular weight is 817 g/mol. The summed E-state index contributed by atoms with van der Waals surface area (Å²) in [6.07, 6.45) is 0. The topological polar surface area (TPSA) is 38.9 Å². The lowest BCUT2D eigenvalue weighted by Crippen LogP contribution is -2.14. The fourth-order valence-corrected chi connectivity index (χ4v) is 10.4. The van der Waals surface area contributed by atoms with E-state index < -0.39 is 0 Å². The summed E-state index contributed by atoms with van der Waals surface area (Å²) < 4.78 is 6.42. The van der Waals surface area contributed by atoms with Gasteiger partial charge in [0.25, 0.3) is 0 Å². The number of hydrogen-bond donors (Lipinski definition) is 0. The molecule has 0 radical (unpaired) electrons. The van der Waals surface area contributed by atoms with E-state index in [4.69, 9.17) is 14.4 Å². The first-order valence-corrected chi connectivity index (χ1v) is 22.1. The van der Waals surface area contributed by atoms with Gasteiger partial charge in [-0.05, 0) is 108 Å². The van der Waals surface area contributed by atoms with E-state index in [2.05, 4.69) is 202 Å². The molecule has 3 nitrogen and oxygen atoms in total. The lowest BCUT2D eigenvalue weighted by Gasteiger charge is -2.22. The molecule has 300 valence electrons. The normalized spacial score (nSPS) is 13.0. The molecule has 2 aromatic heterocycles. The Morgan fingerprint density at radius 3 is 1.83 bits per heavy atom. The standard InChI is InChI=1S/C61H40N2O/c1-61(2)53-22-12-21-49(58(53)52-34-41-16-6-7-17-42(41)35-54(52)61)47-30-31-48(46-20-11-10-19-45(46)47)56-36-55(62-60(63-56)40-14-4-3-5-15-40)39-25-23-37(24-26-39)43-28-32-57-51(33-43)50-29-27-38-13-8-9-18-44(38)59(50)64-57/h3-36H,1-2H3. The van der Waals surface area contributed by atoms with Gasteiger partial charge in [-0.3, -0.25) is 0 Å². The second kappa shape index (κ2) is 13.9. The van der Waals surface area contributed by atoms with Crippen LogP contribution in [-0.4, -0.2) is 9.97 Å². The van der Waals surface area contributed by atoms with Crippen LogP contribution in [0, 0.1) is 0 Å². The Hall–Kier alpha value is -8.14. The molecule has 3 heteroatoms. The molecule has 0 atom stereocenters. The summed E-state index contributed by atoms with van der Waals surface area (Å²) in [6, 6.07) is 74.2. The van der Waals surface area contributed by atoms with Crippen LogP contribution in [0.4, 0.5) is 0 Å². The summed E-state index contributed by atoms with van der Waals surface area (Å²) in [5.74, 6) is 0.696. The number of furan rings is 1. The summed E-state index contributed by atoms with van der Waals surface area (Å²) in [7, 11) is 0. The van der Waals surface area contributed by atoms with Gasteiger partial charge in [0.15, 0.2) is 5.82 Å². The highest BCUT2D eigenvalue weighted by molar-refractivity contribution is 6.15. The molecular formula is C61H40N2O. The maximum absolute atomic E-state index is 6.42. The molecule has 0 N–H and O–H groups in total. The first-order chi connectivity index (χ1) is 31.5. The third kappa shape index (κ3) is 5.60. The quantitative estimate of drug-likeness (QED) is 0.174. The number of fused-ring (bicyclic) bond motifs is 10. The van der Waals surface area contributed by atoms with Crippen molar-refractivity contribution in [2.24, 2.45) is 0 Å². The van der Waals surface area contributed by atoms with Crippen LogP contribution in [-0.2, 0) is 5.41 Å². The van der Waals surface area contributed by atoms with Crippen molar-refractivity contribution in [3.8, 4) is 67.3 Å². The van der Waals surface area contributed by atoms with Crippen molar-refractivity contribution in [2.75, 3.05) is 0 Å². The van der Waals surface area contributed by atoms with E-state index in [1.807, 2.05) is 18.2 Å². The highest BCUT2D eigenvalue weighted by Gasteiger charge is 2.37. The SMILES string of the molecule is CC1(C)c2cc3ccccc3cc2-c2c(-c3ccc(-c4cc(-c5ccc(-c6ccc7oc8c9ccccc9ccc8c7c6)cc5)nc(-c5ccccc5)n4)c4ccccc34)cccc21. The van der Waals surface area contributed by atoms with Crippen molar-refractivity contribution in [1.29, 1.82) is 0 Å². The van der Waals surface area contributed by atoms with Crippen LogP contribution in [0.3, 0.4) is 0 Å². The van der Waals surface area contributed by atoms with Crippen LogP contribution < -0.4 is 0 Å². The molecule has 10 aromatic carbocycles. The minimum atomic E-state index is -0.123. The van der Waals surface area contributed by atoms with Gasteiger partial charge in [0.05, 0.1) is 11.4 Å². The molecule has 1 aliphatic carbocycles. The van der Waals surface area contributed by atoms with Crippen LogP contribution in [0.2, 0.25) is 0 Å². The number of hydrogen-bond acceptors (Lipinski definition) is 3. The molecule has 0 bridgehead atoms. The third-order valence-electron chi connectivity index (χ3n) is 13.7. The van der Waals surface area contributed by atoms with Crippen LogP contribution in [0.25, 0.3) is 122 Å². The lowest BCUT2D eigenvalue weighted by molar-refractivity contribution is 0.661. The molecule has 12 aromatic rings. The first kappa shape index (κ1) is 36.5. The Morgan fingerprint density at radius 1 is 0.359 bits per heavy atom. The fraction of sp³-hybridized carbons (Fsp3) is 0.0492. The molecule has 1 aliphatic rings. The van der Waals surface area contributed by atoms with Gasteiger partial charge in [0, 0.05) is 38.3 Å². The van der Waals surface area contributed by atoms with Crippen LogP contribution in [0.1, 0.15) is 25.0 Å². The van der Waals surface area contributed by atoms with Gasteiger partial charge in [0.1, 0.15) is 11.2 Å². The number of aromatic nitrogens is 2. The van der Waals surface area contributed by atoms with E-state index in [9.17, 15) is 0 Å².